The molecule has 3 heterocycles. The van der Waals surface area contributed by atoms with Gasteiger partial charge in [0.2, 0.25) is 5.95 Å². The van der Waals surface area contributed by atoms with E-state index in [1.165, 1.54) is 23.3 Å². The number of carboxylic acids is 1. The molecule has 160 valence electrons. The van der Waals surface area contributed by atoms with Crippen LogP contribution in [0.3, 0.4) is 0 Å². The minimum Gasteiger partial charge on any atom is -0.475 e. The van der Waals surface area contributed by atoms with E-state index in [4.69, 9.17) is 15.6 Å². The lowest BCUT2D eigenvalue weighted by Crippen LogP contribution is -2.36. The van der Waals surface area contributed by atoms with Crippen LogP contribution in [0.2, 0.25) is 0 Å². The van der Waals surface area contributed by atoms with Crippen LogP contribution in [0, 0.1) is 0 Å². The zero-order valence-electron chi connectivity index (χ0n) is 15.7. The van der Waals surface area contributed by atoms with Gasteiger partial charge in [0.15, 0.2) is 5.82 Å². The summed E-state index contributed by atoms with van der Waals surface area (Å²) in [5, 5.41) is 20.4. The number of nitrogens with zero attached hydrogens (tertiary/aromatic N) is 3. The van der Waals surface area contributed by atoms with Crippen LogP contribution in [0.5, 0.6) is 0 Å². The highest BCUT2D eigenvalue weighted by Gasteiger charge is 2.38. The summed E-state index contributed by atoms with van der Waals surface area (Å²) in [5.41, 5.74) is 8.36. The summed E-state index contributed by atoms with van der Waals surface area (Å²) in [6.07, 6.45) is -0.763. The molecule has 0 bridgehead atoms. The molecule has 1 saturated heterocycles. The minimum atomic E-state index is -5.08. The van der Waals surface area contributed by atoms with Crippen molar-refractivity contribution in [3.63, 3.8) is 0 Å². The van der Waals surface area contributed by atoms with E-state index < -0.39 is 12.1 Å². The average Bonchev–Trinajstić information content (AvgIpc) is 3.21. The maximum Gasteiger partial charge on any atom is 0.490 e. The van der Waals surface area contributed by atoms with Crippen LogP contribution < -0.4 is 16.0 Å². The van der Waals surface area contributed by atoms with Crippen molar-refractivity contribution >= 4 is 39.3 Å². The fourth-order valence-electron chi connectivity index (χ4n) is 3.58. The van der Waals surface area contributed by atoms with Gasteiger partial charge in [-0.05, 0) is 38.3 Å². The molecule has 2 aliphatic rings. The van der Waals surface area contributed by atoms with E-state index in [-0.39, 0.29) is 12.1 Å². The third-order valence-electron chi connectivity index (χ3n) is 5.00. The number of likely N-dealkylation sites (N-methyl/N-ethyl adjacent to an activating group) is 1. The number of rotatable bonds is 2. The van der Waals surface area contributed by atoms with Crippen LogP contribution in [-0.2, 0) is 17.6 Å². The van der Waals surface area contributed by atoms with E-state index >= 15 is 0 Å². The number of aliphatic hydroxyl groups is 1. The molecule has 0 saturated carbocycles. The summed E-state index contributed by atoms with van der Waals surface area (Å²) in [4.78, 5) is 21.5. The average molecular weight is 433 g/mol. The van der Waals surface area contributed by atoms with Crippen molar-refractivity contribution in [1.82, 2.24) is 15.3 Å². The Hall–Kier alpha value is -2.18. The van der Waals surface area contributed by atoms with E-state index in [1.54, 1.807) is 0 Å². The summed E-state index contributed by atoms with van der Waals surface area (Å²) >= 11 is 1.81. The van der Waals surface area contributed by atoms with Gasteiger partial charge in [-0.25, -0.2) is 9.78 Å². The van der Waals surface area contributed by atoms with Gasteiger partial charge in [0.05, 0.1) is 22.4 Å². The standard InChI is InChI=1S/C15H21N5OS.C2HF3O2/c1-17-9-6-20(7-10(9)21)14-13-12(18-15(16)19-14)8-4-2-3-5-11(8)22-13;3-2(4,5)1(6)7/h9-10,17,21H,2-7H2,1H3,(H2,16,18,19);(H,6,7)/t9-,10-;/m0./s1. The number of carboxylic acid groups (broad SMARTS) is 1. The van der Waals surface area contributed by atoms with Crippen LogP contribution in [0.25, 0.3) is 10.2 Å². The summed E-state index contributed by atoms with van der Waals surface area (Å²) in [7, 11) is 1.88. The molecule has 5 N–H and O–H groups in total. The molecule has 0 aromatic carbocycles. The second-order valence-corrected chi connectivity index (χ2v) is 8.07. The largest absolute Gasteiger partial charge is 0.490 e. The topological polar surface area (TPSA) is 125 Å². The Morgan fingerprint density at radius 3 is 2.52 bits per heavy atom. The molecule has 0 amide bonds. The van der Waals surface area contributed by atoms with E-state index in [1.807, 2.05) is 18.4 Å². The van der Waals surface area contributed by atoms with Gasteiger partial charge in [-0.1, -0.05) is 0 Å². The fourth-order valence-corrected chi connectivity index (χ4v) is 4.92. The first-order chi connectivity index (χ1) is 13.6. The first-order valence-electron chi connectivity index (χ1n) is 9.10. The van der Waals surface area contributed by atoms with E-state index in [9.17, 15) is 18.3 Å². The third kappa shape index (κ3) is 4.54. The van der Waals surface area contributed by atoms with Crippen molar-refractivity contribution < 1.29 is 28.2 Å². The molecule has 0 spiro atoms. The molecule has 0 radical (unpaired) electrons. The second-order valence-electron chi connectivity index (χ2n) is 6.96. The summed E-state index contributed by atoms with van der Waals surface area (Å²) < 4.78 is 32.9. The number of thiophene rings is 1. The van der Waals surface area contributed by atoms with Crippen LogP contribution >= 0.6 is 11.3 Å². The molecule has 2 atom stereocenters. The van der Waals surface area contributed by atoms with Gasteiger partial charge in [0.25, 0.3) is 0 Å². The maximum absolute atomic E-state index is 10.6. The van der Waals surface area contributed by atoms with Gasteiger partial charge < -0.3 is 26.2 Å². The van der Waals surface area contributed by atoms with Crippen molar-refractivity contribution in [2.24, 2.45) is 0 Å². The van der Waals surface area contributed by atoms with Crippen LogP contribution in [0.4, 0.5) is 24.9 Å². The van der Waals surface area contributed by atoms with E-state index in [2.05, 4.69) is 20.2 Å². The Balaban J connectivity index is 0.000000298. The number of alkyl halides is 3. The number of nitrogen functional groups attached to an aromatic ring is 1. The Kier molecular flexibility index (Phi) is 6.15. The number of carbonyl (C=O) groups is 1. The highest BCUT2D eigenvalue weighted by Crippen LogP contribution is 2.40. The van der Waals surface area contributed by atoms with Gasteiger partial charge >= 0.3 is 12.1 Å². The monoisotopic (exact) mass is 433 g/mol. The molecule has 1 aliphatic heterocycles. The smallest absolute Gasteiger partial charge is 0.475 e. The van der Waals surface area contributed by atoms with Crippen molar-refractivity contribution in [3.05, 3.63) is 10.4 Å². The number of aliphatic carboxylic acids is 1. The number of nitrogens with two attached hydrogens (primary N) is 1. The maximum atomic E-state index is 10.6. The zero-order valence-corrected chi connectivity index (χ0v) is 16.5. The summed E-state index contributed by atoms with van der Waals surface area (Å²) in [6, 6.07) is 0.0702. The van der Waals surface area contributed by atoms with Crippen molar-refractivity contribution in [2.75, 3.05) is 30.8 Å². The molecule has 4 rings (SSSR count). The van der Waals surface area contributed by atoms with Gasteiger partial charge in [-0.3, -0.25) is 0 Å². The Labute approximate surface area is 168 Å². The number of hydrogen-bond donors (Lipinski definition) is 4. The highest BCUT2D eigenvalue weighted by atomic mass is 32.1. The Morgan fingerprint density at radius 2 is 1.93 bits per heavy atom. The first kappa shape index (κ1) is 21.5. The number of aromatic nitrogens is 2. The van der Waals surface area contributed by atoms with Crippen molar-refractivity contribution in [3.8, 4) is 0 Å². The molecular weight excluding hydrogens is 411 g/mol. The number of aliphatic hydroxyl groups excluding tert-OH is 1. The molecule has 8 nitrogen and oxygen atoms in total. The van der Waals surface area contributed by atoms with Crippen LogP contribution in [-0.4, -0.2) is 64.6 Å². The number of hydrogen-bond acceptors (Lipinski definition) is 8. The SMILES string of the molecule is CN[C@H]1CN(c2nc(N)nc3c4c(sc23)CCCC4)C[C@@H]1O.O=C(O)C(F)(F)F. The van der Waals surface area contributed by atoms with Gasteiger partial charge in [-0.15, -0.1) is 11.3 Å². The quantitative estimate of drug-likeness (QED) is 0.562. The number of halogens is 3. The van der Waals surface area contributed by atoms with Gasteiger partial charge in [0, 0.05) is 18.0 Å². The molecule has 2 aromatic rings. The minimum absolute atomic E-state index is 0.0702. The summed E-state index contributed by atoms with van der Waals surface area (Å²) in [5.74, 6) is -1.54. The first-order valence-corrected chi connectivity index (χ1v) is 9.91. The lowest BCUT2D eigenvalue weighted by Gasteiger charge is -2.18. The lowest BCUT2D eigenvalue weighted by molar-refractivity contribution is -0.192. The molecular formula is C17H22F3N5O3S. The zero-order chi connectivity index (χ0) is 21.3. The predicted molar refractivity (Wildman–Crippen MR) is 103 cm³/mol. The molecule has 0 unspecified atom stereocenters. The predicted octanol–water partition coefficient (Wildman–Crippen LogP) is 1.55. The molecule has 29 heavy (non-hydrogen) atoms. The molecule has 1 aliphatic carbocycles. The van der Waals surface area contributed by atoms with Crippen molar-refractivity contribution in [1.29, 1.82) is 0 Å². The fraction of sp³-hybridized carbons (Fsp3) is 0.588. The van der Waals surface area contributed by atoms with Crippen LogP contribution in [0.15, 0.2) is 0 Å². The number of nitrogens with one attached hydrogen (secondary N) is 1. The van der Waals surface area contributed by atoms with E-state index in [0.29, 0.717) is 12.5 Å². The van der Waals surface area contributed by atoms with E-state index in [0.717, 1.165) is 35.4 Å². The highest BCUT2D eigenvalue weighted by molar-refractivity contribution is 7.19. The third-order valence-corrected chi connectivity index (χ3v) is 6.27. The second kappa shape index (κ2) is 8.28. The molecule has 1 fully saturated rings. The lowest BCUT2D eigenvalue weighted by atomic mass is 9.98. The summed E-state index contributed by atoms with van der Waals surface area (Å²) in [6.45, 7) is 1.32. The van der Waals surface area contributed by atoms with Crippen molar-refractivity contribution in [2.45, 2.75) is 44.0 Å². The van der Waals surface area contributed by atoms with Gasteiger partial charge in [-0.2, -0.15) is 18.2 Å². The number of anilines is 2. The van der Waals surface area contributed by atoms with Gasteiger partial charge in [0.1, 0.15) is 0 Å². The molecule has 2 aromatic heterocycles. The Morgan fingerprint density at radius 1 is 1.28 bits per heavy atom. The number of aryl methyl sites for hydroxylation is 2. The number of fused-ring (bicyclic) bond motifs is 3. The molecule has 12 heteroatoms. The number of β-amino-alcohol motifs (C(OH)–C–C–N with tert-alkyl or cyclic N) is 1. The Bertz CT molecular complexity index is 905. The van der Waals surface area contributed by atoms with Crippen LogP contribution in [0.1, 0.15) is 23.3 Å². The normalized spacial score (nSPS) is 21.6.